The molecule has 1 aromatic carbocycles. The lowest BCUT2D eigenvalue weighted by Crippen LogP contribution is -2.20. The molecule has 0 saturated heterocycles. The number of hydroxylamine groups is 1. The van der Waals surface area contributed by atoms with E-state index in [-0.39, 0.29) is 17.7 Å². The lowest BCUT2D eigenvalue weighted by atomic mass is 10.1. The molecule has 2 N–H and O–H groups in total. The maximum absolute atomic E-state index is 13.5. The monoisotopic (exact) mass is 243 g/mol. The first-order valence-electron chi connectivity index (χ1n) is 4.59. The van der Waals surface area contributed by atoms with Gasteiger partial charge in [0.05, 0.1) is 6.54 Å². The predicted octanol–water partition coefficient (Wildman–Crippen LogP) is 1.13. The summed E-state index contributed by atoms with van der Waals surface area (Å²) in [6.45, 7) is 3.10. The second kappa shape index (κ2) is 5.35. The number of halogens is 2. The normalized spacial score (nSPS) is 9.88. The van der Waals surface area contributed by atoms with Crippen LogP contribution in [0.25, 0.3) is 0 Å². The van der Waals surface area contributed by atoms with Gasteiger partial charge in [0.1, 0.15) is 11.6 Å². The zero-order chi connectivity index (χ0) is 13.0. The summed E-state index contributed by atoms with van der Waals surface area (Å²) in [7, 11) is 1.50. The van der Waals surface area contributed by atoms with Crippen LogP contribution in [0.4, 0.5) is 8.78 Å². The number of rotatable bonds is 4. The summed E-state index contributed by atoms with van der Waals surface area (Å²) >= 11 is 0. The van der Waals surface area contributed by atoms with Crippen molar-refractivity contribution in [2.45, 2.75) is 6.54 Å². The Labute approximate surface area is 96.3 Å². The number of nitrogens with one attached hydrogen (secondary N) is 1. The van der Waals surface area contributed by atoms with Crippen molar-refractivity contribution in [2.24, 2.45) is 5.10 Å². The van der Waals surface area contributed by atoms with Gasteiger partial charge in [-0.3, -0.25) is 15.0 Å². The Bertz CT molecular complexity index is 428. The smallest absolute Gasteiger partial charge is 0.274 e. The molecule has 92 valence electrons. The average Bonchev–Trinajstić information content (AvgIpc) is 2.32. The van der Waals surface area contributed by atoms with Crippen molar-refractivity contribution in [3.8, 4) is 0 Å². The van der Waals surface area contributed by atoms with Gasteiger partial charge in [0.2, 0.25) is 0 Å². The van der Waals surface area contributed by atoms with Gasteiger partial charge in [-0.05, 0) is 12.1 Å². The molecule has 0 unspecified atom stereocenters. The first-order valence-corrected chi connectivity index (χ1v) is 4.59. The molecule has 1 aromatic rings. The van der Waals surface area contributed by atoms with E-state index < -0.39 is 17.5 Å². The molecular weight excluding hydrogens is 232 g/mol. The molecule has 0 aliphatic carbocycles. The second-order valence-corrected chi connectivity index (χ2v) is 3.32. The Hall–Kier alpha value is -2.02. The van der Waals surface area contributed by atoms with Crippen LogP contribution in [0, 0.1) is 11.6 Å². The number of carbonyl (C=O) groups excluding carboxylic acids is 1. The number of hydrogen-bond acceptors (Lipinski definition) is 4. The number of carbonyl (C=O) groups is 1. The molecule has 0 aliphatic heterocycles. The van der Waals surface area contributed by atoms with E-state index in [2.05, 4.69) is 11.8 Å². The Balaban J connectivity index is 3.10. The van der Waals surface area contributed by atoms with E-state index in [1.54, 1.807) is 0 Å². The molecule has 1 rings (SSSR count). The minimum Gasteiger partial charge on any atom is -0.296 e. The molecule has 0 fully saturated rings. The third-order valence-corrected chi connectivity index (χ3v) is 2.13. The van der Waals surface area contributed by atoms with E-state index in [1.165, 1.54) is 17.5 Å². The summed E-state index contributed by atoms with van der Waals surface area (Å²) in [6, 6.07) is 1.67. The van der Waals surface area contributed by atoms with Crippen molar-refractivity contribution in [1.29, 1.82) is 0 Å². The van der Waals surface area contributed by atoms with Crippen molar-refractivity contribution < 1.29 is 18.8 Å². The van der Waals surface area contributed by atoms with Crippen molar-refractivity contribution in [2.75, 3.05) is 7.05 Å². The van der Waals surface area contributed by atoms with Crippen LogP contribution in [0.1, 0.15) is 15.9 Å². The molecule has 5 nitrogen and oxygen atoms in total. The van der Waals surface area contributed by atoms with Crippen LogP contribution in [0.15, 0.2) is 17.2 Å². The number of amides is 1. The third-order valence-electron chi connectivity index (χ3n) is 2.13. The van der Waals surface area contributed by atoms with E-state index in [9.17, 15) is 13.6 Å². The fraction of sp³-hybridized carbons (Fsp3) is 0.200. The fourth-order valence-electron chi connectivity index (χ4n) is 1.23. The number of benzene rings is 1. The van der Waals surface area contributed by atoms with Crippen LogP contribution < -0.4 is 5.48 Å². The highest BCUT2D eigenvalue weighted by atomic mass is 19.1. The van der Waals surface area contributed by atoms with Crippen molar-refractivity contribution in [1.82, 2.24) is 10.5 Å². The van der Waals surface area contributed by atoms with E-state index in [0.717, 1.165) is 12.1 Å². The minimum atomic E-state index is -0.982. The van der Waals surface area contributed by atoms with Gasteiger partial charge in [0.25, 0.3) is 5.91 Å². The van der Waals surface area contributed by atoms with E-state index in [1.807, 2.05) is 0 Å². The zero-order valence-corrected chi connectivity index (χ0v) is 9.07. The fourth-order valence-corrected chi connectivity index (χ4v) is 1.23. The van der Waals surface area contributed by atoms with Gasteiger partial charge in [-0.1, -0.05) is 0 Å². The summed E-state index contributed by atoms with van der Waals surface area (Å²) in [5, 5.41) is 13.1. The molecule has 0 aliphatic rings. The molecule has 0 heterocycles. The lowest BCUT2D eigenvalue weighted by Gasteiger charge is -2.13. The molecule has 7 heteroatoms. The molecule has 0 atom stereocenters. The molecular formula is C10H11F2N3O2. The molecule has 0 bridgehead atoms. The highest BCUT2D eigenvalue weighted by Crippen LogP contribution is 2.17. The van der Waals surface area contributed by atoms with E-state index in [4.69, 9.17) is 5.21 Å². The van der Waals surface area contributed by atoms with Gasteiger partial charge in [-0.25, -0.2) is 14.3 Å². The quantitative estimate of drug-likeness (QED) is 0.473. The van der Waals surface area contributed by atoms with Gasteiger partial charge >= 0.3 is 0 Å². The van der Waals surface area contributed by atoms with Gasteiger partial charge in [0, 0.05) is 24.9 Å². The van der Waals surface area contributed by atoms with E-state index in [0.29, 0.717) is 0 Å². The van der Waals surface area contributed by atoms with Gasteiger partial charge < -0.3 is 0 Å². The average molecular weight is 243 g/mol. The molecule has 0 aromatic heterocycles. The number of hydrogen-bond donors (Lipinski definition) is 2. The van der Waals surface area contributed by atoms with Crippen molar-refractivity contribution >= 4 is 12.6 Å². The maximum Gasteiger partial charge on any atom is 0.274 e. The summed E-state index contributed by atoms with van der Waals surface area (Å²) < 4.78 is 27.0. The largest absolute Gasteiger partial charge is 0.296 e. The highest BCUT2D eigenvalue weighted by molar-refractivity contribution is 5.93. The Morgan fingerprint density at radius 1 is 1.53 bits per heavy atom. The molecule has 0 saturated carbocycles. The van der Waals surface area contributed by atoms with E-state index >= 15 is 0 Å². The topological polar surface area (TPSA) is 64.9 Å². The van der Waals surface area contributed by atoms with Crippen LogP contribution in [-0.2, 0) is 6.54 Å². The zero-order valence-electron chi connectivity index (χ0n) is 9.07. The Morgan fingerprint density at radius 3 is 2.47 bits per heavy atom. The van der Waals surface area contributed by atoms with Crippen molar-refractivity contribution in [3.05, 3.63) is 34.9 Å². The number of hydrazone groups is 1. The predicted molar refractivity (Wildman–Crippen MR) is 56.6 cm³/mol. The van der Waals surface area contributed by atoms with Crippen molar-refractivity contribution in [3.63, 3.8) is 0 Å². The molecule has 1 amide bonds. The van der Waals surface area contributed by atoms with Crippen LogP contribution in [0.2, 0.25) is 0 Å². The Morgan fingerprint density at radius 2 is 2.06 bits per heavy atom. The van der Waals surface area contributed by atoms with Crippen LogP contribution in [0.5, 0.6) is 0 Å². The lowest BCUT2D eigenvalue weighted by molar-refractivity contribution is 0.0705. The summed E-state index contributed by atoms with van der Waals surface area (Å²) in [6.07, 6.45) is 0. The van der Waals surface area contributed by atoms with Gasteiger partial charge in [0.15, 0.2) is 0 Å². The standard InChI is InChI=1S/C10H11F2N3O2/c1-13-15(2)5-7-8(11)3-6(4-9(7)12)10(16)14-17/h3-4,17H,1,5H2,2H3,(H,14,16). The summed E-state index contributed by atoms with van der Waals surface area (Å²) in [5.74, 6) is -2.76. The number of nitrogens with zero attached hydrogens (tertiary/aromatic N) is 2. The maximum atomic E-state index is 13.5. The second-order valence-electron chi connectivity index (χ2n) is 3.32. The first kappa shape index (κ1) is 13.0. The molecule has 0 spiro atoms. The molecule has 17 heavy (non-hydrogen) atoms. The first-order chi connectivity index (χ1) is 7.99. The SMILES string of the molecule is C=NN(C)Cc1c(F)cc(C(=O)NO)cc1F. The minimum absolute atomic E-state index is 0.109. The summed E-state index contributed by atoms with van der Waals surface area (Å²) in [5.41, 5.74) is 0.763. The van der Waals surface area contributed by atoms with Crippen LogP contribution in [-0.4, -0.2) is 29.9 Å². The highest BCUT2D eigenvalue weighted by Gasteiger charge is 2.15. The molecule has 0 radical (unpaired) electrons. The van der Waals surface area contributed by atoms with Crippen LogP contribution in [0.3, 0.4) is 0 Å². The Kier molecular flexibility index (Phi) is 4.11. The van der Waals surface area contributed by atoms with Gasteiger partial charge in [-0.2, -0.15) is 5.10 Å². The van der Waals surface area contributed by atoms with Gasteiger partial charge in [-0.15, -0.1) is 0 Å². The summed E-state index contributed by atoms with van der Waals surface area (Å²) in [4.78, 5) is 11.0. The van der Waals surface area contributed by atoms with Crippen LogP contribution >= 0.6 is 0 Å². The third kappa shape index (κ3) is 2.97.